The lowest BCUT2D eigenvalue weighted by atomic mass is 10.0. The molecule has 8 heteroatoms. The molecule has 0 atom stereocenters. The third-order valence-corrected chi connectivity index (χ3v) is 4.60. The summed E-state index contributed by atoms with van der Waals surface area (Å²) in [7, 11) is 3.59. The Morgan fingerprint density at radius 3 is 2.44 bits per heavy atom. The van der Waals surface area contributed by atoms with Crippen molar-refractivity contribution in [2.45, 2.75) is 25.8 Å². The number of amides is 1. The van der Waals surface area contributed by atoms with Gasteiger partial charge in [0.05, 0.1) is 18.5 Å². The molecule has 1 fully saturated rings. The maximum absolute atomic E-state index is 12.7. The Hall–Kier alpha value is -2.12. The van der Waals surface area contributed by atoms with Crippen LogP contribution in [0.5, 0.6) is 5.75 Å². The number of aromatic nitrogens is 3. The van der Waals surface area contributed by atoms with E-state index in [-0.39, 0.29) is 18.3 Å². The molecule has 25 heavy (non-hydrogen) atoms. The summed E-state index contributed by atoms with van der Waals surface area (Å²) in [6.45, 7) is 3.37. The number of nitrogens with zero attached hydrogens (tertiary/aromatic N) is 4. The van der Waals surface area contributed by atoms with Crippen LogP contribution in [0.1, 0.15) is 29.0 Å². The molecule has 1 aromatic carbocycles. The van der Waals surface area contributed by atoms with E-state index in [9.17, 15) is 4.79 Å². The molecule has 0 unspecified atom stereocenters. The molecule has 2 heterocycles. The van der Waals surface area contributed by atoms with Gasteiger partial charge < -0.3 is 15.0 Å². The standard InChI is InChI=1S/C17H23N5O2.ClH/c1-12-16(17(23)21-10-8-13(18-2)9-11-21)19-20-22(12)14-4-6-15(24-3)7-5-14;/h4-7,13,18H,8-11H2,1-3H3;1H. The van der Waals surface area contributed by atoms with E-state index in [1.54, 1.807) is 11.8 Å². The van der Waals surface area contributed by atoms with Crippen LogP contribution in [0.2, 0.25) is 0 Å². The van der Waals surface area contributed by atoms with Crippen molar-refractivity contribution >= 4 is 18.3 Å². The van der Waals surface area contributed by atoms with Gasteiger partial charge in [0.25, 0.3) is 5.91 Å². The van der Waals surface area contributed by atoms with Crippen LogP contribution < -0.4 is 10.1 Å². The van der Waals surface area contributed by atoms with Gasteiger partial charge in [-0.15, -0.1) is 17.5 Å². The first-order valence-corrected chi connectivity index (χ1v) is 8.17. The number of nitrogens with one attached hydrogen (secondary N) is 1. The number of ether oxygens (including phenoxy) is 1. The lowest BCUT2D eigenvalue weighted by Crippen LogP contribution is -2.44. The smallest absolute Gasteiger partial charge is 0.276 e. The van der Waals surface area contributed by atoms with Gasteiger partial charge in [-0.2, -0.15) is 0 Å². The Balaban J connectivity index is 0.00000225. The van der Waals surface area contributed by atoms with Crippen molar-refractivity contribution < 1.29 is 9.53 Å². The van der Waals surface area contributed by atoms with Gasteiger partial charge in [0.2, 0.25) is 0 Å². The molecule has 1 aromatic heterocycles. The second-order valence-corrected chi connectivity index (χ2v) is 5.99. The third-order valence-electron chi connectivity index (χ3n) is 4.60. The van der Waals surface area contributed by atoms with Crippen molar-refractivity contribution in [2.75, 3.05) is 27.2 Å². The number of methoxy groups -OCH3 is 1. The molecule has 1 aliphatic rings. The second kappa shape index (κ2) is 8.31. The van der Waals surface area contributed by atoms with Gasteiger partial charge in [0.1, 0.15) is 5.75 Å². The SMILES string of the molecule is CNC1CCN(C(=O)c2nnn(-c3ccc(OC)cc3)c2C)CC1.Cl. The number of rotatable bonds is 4. The maximum Gasteiger partial charge on any atom is 0.276 e. The van der Waals surface area contributed by atoms with Crippen LogP contribution in [0.15, 0.2) is 24.3 Å². The van der Waals surface area contributed by atoms with Crippen molar-refractivity contribution in [3.05, 3.63) is 35.7 Å². The van der Waals surface area contributed by atoms with Crippen molar-refractivity contribution in [3.63, 3.8) is 0 Å². The summed E-state index contributed by atoms with van der Waals surface area (Å²) >= 11 is 0. The summed E-state index contributed by atoms with van der Waals surface area (Å²) in [5, 5.41) is 11.5. The summed E-state index contributed by atoms with van der Waals surface area (Å²) in [5.74, 6) is 0.738. The fourth-order valence-electron chi connectivity index (χ4n) is 3.02. The Labute approximate surface area is 153 Å². The molecule has 0 radical (unpaired) electrons. The Bertz CT molecular complexity index is 708. The van der Waals surface area contributed by atoms with Gasteiger partial charge in [-0.3, -0.25) is 4.79 Å². The third kappa shape index (κ3) is 3.93. The van der Waals surface area contributed by atoms with Crippen molar-refractivity contribution in [1.29, 1.82) is 0 Å². The zero-order valence-electron chi connectivity index (χ0n) is 14.7. The number of benzene rings is 1. The second-order valence-electron chi connectivity index (χ2n) is 5.99. The number of carbonyl (C=O) groups excluding carboxylic acids is 1. The van der Waals surface area contributed by atoms with Gasteiger partial charge in [0.15, 0.2) is 5.69 Å². The maximum atomic E-state index is 12.7. The molecule has 2 aromatic rings. The average molecular weight is 366 g/mol. The molecule has 1 amide bonds. The van der Waals surface area contributed by atoms with E-state index in [1.165, 1.54) is 0 Å². The molecule has 136 valence electrons. The minimum absolute atomic E-state index is 0. The number of likely N-dealkylation sites (tertiary alicyclic amines) is 1. The van der Waals surface area contributed by atoms with Gasteiger partial charge in [-0.1, -0.05) is 5.21 Å². The highest BCUT2D eigenvalue weighted by atomic mass is 35.5. The summed E-state index contributed by atoms with van der Waals surface area (Å²) in [6.07, 6.45) is 1.93. The molecule has 0 aliphatic carbocycles. The highest BCUT2D eigenvalue weighted by molar-refractivity contribution is 5.93. The average Bonchev–Trinajstić information content (AvgIpc) is 3.02. The molecular formula is C17H24ClN5O2. The van der Waals surface area contributed by atoms with E-state index >= 15 is 0 Å². The van der Waals surface area contributed by atoms with Crippen LogP contribution in [-0.2, 0) is 0 Å². The van der Waals surface area contributed by atoms with Crippen LogP contribution in [-0.4, -0.2) is 59.1 Å². The van der Waals surface area contributed by atoms with Gasteiger partial charge >= 0.3 is 0 Å². The quantitative estimate of drug-likeness (QED) is 0.894. The topological polar surface area (TPSA) is 72.3 Å². The van der Waals surface area contributed by atoms with E-state index in [4.69, 9.17) is 4.74 Å². The minimum atomic E-state index is -0.0400. The van der Waals surface area contributed by atoms with E-state index in [0.717, 1.165) is 43.1 Å². The summed E-state index contributed by atoms with van der Waals surface area (Å²) in [5.41, 5.74) is 2.03. The van der Waals surface area contributed by atoms with Crippen LogP contribution >= 0.6 is 12.4 Å². The number of piperidine rings is 1. The largest absolute Gasteiger partial charge is 0.497 e. The highest BCUT2D eigenvalue weighted by Gasteiger charge is 2.26. The van der Waals surface area contributed by atoms with E-state index in [1.807, 2.05) is 43.1 Å². The number of carbonyl (C=O) groups is 1. The van der Waals surface area contributed by atoms with Gasteiger partial charge in [-0.05, 0) is 51.1 Å². The van der Waals surface area contributed by atoms with E-state index < -0.39 is 0 Å². The lowest BCUT2D eigenvalue weighted by molar-refractivity contribution is 0.0700. The first kappa shape index (κ1) is 19.2. The fourth-order valence-corrected chi connectivity index (χ4v) is 3.02. The van der Waals surface area contributed by atoms with Crippen molar-refractivity contribution in [2.24, 2.45) is 0 Å². The summed E-state index contributed by atoms with van der Waals surface area (Å²) in [6, 6.07) is 8.01. The van der Waals surface area contributed by atoms with Crippen molar-refractivity contribution in [3.8, 4) is 11.4 Å². The first-order chi connectivity index (χ1) is 11.6. The predicted molar refractivity (Wildman–Crippen MR) is 97.9 cm³/mol. The summed E-state index contributed by atoms with van der Waals surface area (Å²) in [4.78, 5) is 14.6. The Kier molecular flexibility index (Phi) is 6.39. The van der Waals surface area contributed by atoms with E-state index in [0.29, 0.717) is 11.7 Å². The Morgan fingerprint density at radius 1 is 1.24 bits per heavy atom. The predicted octanol–water partition coefficient (Wildman–Crippen LogP) is 1.83. The van der Waals surface area contributed by atoms with Gasteiger partial charge in [-0.25, -0.2) is 4.68 Å². The molecule has 1 saturated heterocycles. The lowest BCUT2D eigenvalue weighted by Gasteiger charge is -2.31. The number of hydrogen-bond acceptors (Lipinski definition) is 5. The molecule has 0 saturated carbocycles. The van der Waals surface area contributed by atoms with Crippen LogP contribution in [0, 0.1) is 6.92 Å². The first-order valence-electron chi connectivity index (χ1n) is 8.17. The minimum Gasteiger partial charge on any atom is -0.497 e. The fraction of sp³-hybridized carbons (Fsp3) is 0.471. The molecule has 1 aliphatic heterocycles. The molecule has 1 N–H and O–H groups in total. The summed E-state index contributed by atoms with van der Waals surface area (Å²) < 4.78 is 6.85. The van der Waals surface area contributed by atoms with Crippen LogP contribution in [0.3, 0.4) is 0 Å². The van der Waals surface area contributed by atoms with E-state index in [2.05, 4.69) is 15.6 Å². The normalized spacial score (nSPS) is 14.9. The molecule has 0 bridgehead atoms. The highest BCUT2D eigenvalue weighted by Crippen LogP contribution is 2.19. The molecule has 3 rings (SSSR count). The number of hydrogen-bond donors (Lipinski definition) is 1. The molecule has 7 nitrogen and oxygen atoms in total. The van der Waals surface area contributed by atoms with Crippen molar-refractivity contribution in [1.82, 2.24) is 25.2 Å². The van der Waals surface area contributed by atoms with Gasteiger partial charge in [0, 0.05) is 19.1 Å². The molecule has 0 spiro atoms. The monoisotopic (exact) mass is 365 g/mol. The van der Waals surface area contributed by atoms with Crippen LogP contribution in [0.25, 0.3) is 5.69 Å². The zero-order valence-corrected chi connectivity index (χ0v) is 15.5. The Morgan fingerprint density at radius 2 is 1.88 bits per heavy atom. The molecular weight excluding hydrogens is 342 g/mol. The number of halogens is 1. The van der Waals surface area contributed by atoms with Crippen LogP contribution in [0.4, 0.5) is 0 Å². The zero-order chi connectivity index (χ0) is 17.1.